The van der Waals surface area contributed by atoms with Crippen LogP contribution in [-0.4, -0.2) is 40.7 Å². The Balaban J connectivity index is 1.69. The highest BCUT2D eigenvalue weighted by Crippen LogP contribution is 2.43. The highest BCUT2D eigenvalue weighted by atomic mass is 16.6. The zero-order valence-corrected chi connectivity index (χ0v) is 20.6. The van der Waals surface area contributed by atoms with Gasteiger partial charge in [-0.3, -0.25) is 14.3 Å². The summed E-state index contributed by atoms with van der Waals surface area (Å²) >= 11 is 0. The van der Waals surface area contributed by atoms with E-state index in [4.69, 9.17) is 4.74 Å². The van der Waals surface area contributed by atoms with Crippen molar-refractivity contribution < 1.29 is 14.3 Å². The number of benzene rings is 2. The third kappa shape index (κ3) is 3.83. The van der Waals surface area contributed by atoms with E-state index in [2.05, 4.69) is 22.9 Å². The van der Waals surface area contributed by atoms with Gasteiger partial charge in [-0.15, -0.1) is 0 Å². The summed E-state index contributed by atoms with van der Waals surface area (Å²) < 4.78 is 7.17. The Kier molecular flexibility index (Phi) is 5.35. The number of hydrogen-bond acceptors (Lipinski definition) is 5. The molecule has 35 heavy (non-hydrogen) atoms. The minimum atomic E-state index is -0.614. The van der Waals surface area contributed by atoms with Crippen molar-refractivity contribution in [1.29, 1.82) is 0 Å². The fraction of sp³-hybridized carbons (Fsp3) is 0.250. The highest BCUT2D eigenvalue weighted by molar-refractivity contribution is 6.14. The molecule has 178 valence electrons. The lowest BCUT2D eigenvalue weighted by Crippen LogP contribution is -2.26. The number of pyridine rings is 1. The number of fused-ring (bicyclic) bond motifs is 3. The number of carbonyl (C=O) groups excluding carboxylic acids is 2. The first-order valence-corrected chi connectivity index (χ1v) is 11.7. The van der Waals surface area contributed by atoms with E-state index in [0.717, 1.165) is 39.1 Å². The second-order valence-corrected chi connectivity index (χ2v) is 9.62. The van der Waals surface area contributed by atoms with Gasteiger partial charge in [0.25, 0.3) is 5.91 Å². The summed E-state index contributed by atoms with van der Waals surface area (Å²) in [5, 5.41) is 0.847. The van der Waals surface area contributed by atoms with Gasteiger partial charge in [-0.25, -0.2) is 4.79 Å². The van der Waals surface area contributed by atoms with Gasteiger partial charge in [0.05, 0.1) is 28.1 Å². The lowest BCUT2D eigenvalue weighted by Gasteiger charge is -2.26. The molecule has 7 nitrogen and oxygen atoms in total. The van der Waals surface area contributed by atoms with Gasteiger partial charge in [0.15, 0.2) is 0 Å². The van der Waals surface area contributed by atoms with Crippen LogP contribution in [0.3, 0.4) is 0 Å². The first-order valence-electron chi connectivity index (χ1n) is 11.7. The van der Waals surface area contributed by atoms with E-state index in [-0.39, 0.29) is 5.91 Å². The van der Waals surface area contributed by atoms with Crippen LogP contribution in [0.2, 0.25) is 0 Å². The Morgan fingerprint density at radius 1 is 1.00 bits per heavy atom. The zero-order chi connectivity index (χ0) is 24.9. The third-order valence-electron chi connectivity index (χ3n) is 6.18. The molecule has 1 aliphatic heterocycles. The third-order valence-corrected chi connectivity index (χ3v) is 6.18. The van der Waals surface area contributed by atoms with E-state index in [1.54, 1.807) is 30.5 Å². The summed E-state index contributed by atoms with van der Waals surface area (Å²) in [4.78, 5) is 34.3. The maximum Gasteiger partial charge on any atom is 0.419 e. The smallest absolute Gasteiger partial charge is 0.419 e. The molecule has 3 heterocycles. The standard InChI is InChI=1S/C28H28N4O3/c1-6-31-22-10-8-7-9-19(22)26(33)30(5)24-12-11-18(15-25(24)31)21-17-32(27(34)35-28(2,3)4)23-13-14-29-16-20(21)23/h7-17H,6H2,1-5H3. The van der Waals surface area contributed by atoms with E-state index in [0.29, 0.717) is 12.1 Å². The van der Waals surface area contributed by atoms with Crippen LogP contribution >= 0.6 is 0 Å². The number of anilines is 3. The molecule has 0 fully saturated rings. The molecule has 0 radical (unpaired) electrons. The summed E-state index contributed by atoms with van der Waals surface area (Å²) in [6.45, 7) is 8.30. The predicted octanol–water partition coefficient (Wildman–Crippen LogP) is 6.23. The average molecular weight is 469 g/mol. The molecule has 0 atom stereocenters. The van der Waals surface area contributed by atoms with E-state index >= 15 is 0 Å². The van der Waals surface area contributed by atoms with Crippen molar-refractivity contribution in [3.05, 3.63) is 72.7 Å². The van der Waals surface area contributed by atoms with Crippen molar-refractivity contribution in [2.45, 2.75) is 33.3 Å². The Morgan fingerprint density at radius 3 is 2.51 bits per heavy atom. The SMILES string of the molecule is CCN1c2ccccc2C(=O)N(C)c2ccc(-c3cn(C(=O)OC(C)(C)C)c4ccncc34)cc21. The van der Waals surface area contributed by atoms with Crippen LogP contribution in [0.25, 0.3) is 22.0 Å². The van der Waals surface area contributed by atoms with Gasteiger partial charge in [0.2, 0.25) is 0 Å². The summed E-state index contributed by atoms with van der Waals surface area (Å²) in [7, 11) is 1.80. The minimum absolute atomic E-state index is 0.0451. The highest BCUT2D eigenvalue weighted by Gasteiger charge is 2.29. The second-order valence-electron chi connectivity index (χ2n) is 9.62. The molecule has 5 rings (SSSR count). The number of rotatable bonds is 2. The maximum absolute atomic E-state index is 13.2. The van der Waals surface area contributed by atoms with Gasteiger partial charge < -0.3 is 14.5 Å². The number of para-hydroxylation sites is 1. The van der Waals surface area contributed by atoms with Gasteiger partial charge in [-0.2, -0.15) is 0 Å². The largest absolute Gasteiger partial charge is 0.443 e. The van der Waals surface area contributed by atoms with Crippen LogP contribution < -0.4 is 9.80 Å². The van der Waals surface area contributed by atoms with Crippen molar-refractivity contribution >= 4 is 40.0 Å². The van der Waals surface area contributed by atoms with Crippen LogP contribution in [0.1, 0.15) is 38.1 Å². The van der Waals surface area contributed by atoms with Crippen LogP contribution in [0.4, 0.5) is 21.9 Å². The van der Waals surface area contributed by atoms with Crippen LogP contribution in [-0.2, 0) is 4.74 Å². The number of aromatic nitrogens is 2. The lowest BCUT2D eigenvalue weighted by atomic mass is 10.0. The van der Waals surface area contributed by atoms with E-state index in [1.165, 1.54) is 4.57 Å². The molecular weight excluding hydrogens is 440 g/mol. The second kappa shape index (κ2) is 8.27. The molecule has 2 aromatic heterocycles. The van der Waals surface area contributed by atoms with Gasteiger partial charge in [0, 0.05) is 43.1 Å². The quantitative estimate of drug-likeness (QED) is 0.349. The normalized spacial score (nSPS) is 13.5. The van der Waals surface area contributed by atoms with Crippen molar-refractivity contribution in [3.8, 4) is 11.1 Å². The molecule has 7 heteroatoms. The first kappa shape index (κ1) is 22.7. The fourth-order valence-electron chi connectivity index (χ4n) is 4.61. The molecule has 0 saturated heterocycles. The molecule has 0 saturated carbocycles. The lowest BCUT2D eigenvalue weighted by molar-refractivity contribution is 0.0544. The van der Waals surface area contributed by atoms with E-state index in [1.807, 2.05) is 63.2 Å². The number of amides is 1. The molecule has 0 aliphatic carbocycles. The molecule has 0 N–H and O–H groups in total. The van der Waals surface area contributed by atoms with Crippen molar-refractivity contribution in [2.75, 3.05) is 23.4 Å². The Labute approximate surface area is 204 Å². The molecule has 1 aliphatic rings. The summed E-state index contributed by atoms with van der Waals surface area (Å²) in [5.41, 5.74) is 5.19. The summed E-state index contributed by atoms with van der Waals surface area (Å²) in [5.74, 6) is -0.0451. The van der Waals surface area contributed by atoms with Crippen LogP contribution in [0, 0.1) is 0 Å². The zero-order valence-electron chi connectivity index (χ0n) is 20.6. The topological polar surface area (TPSA) is 67.7 Å². The Hall–Kier alpha value is -4.13. The number of carbonyl (C=O) groups is 2. The van der Waals surface area contributed by atoms with Gasteiger partial charge >= 0.3 is 6.09 Å². The van der Waals surface area contributed by atoms with Crippen molar-refractivity contribution in [3.63, 3.8) is 0 Å². The van der Waals surface area contributed by atoms with Crippen LogP contribution in [0.5, 0.6) is 0 Å². The maximum atomic E-state index is 13.2. The molecule has 2 aromatic carbocycles. The molecule has 0 spiro atoms. The van der Waals surface area contributed by atoms with E-state index in [9.17, 15) is 9.59 Å². The molecule has 1 amide bonds. The molecular formula is C28H28N4O3. The number of nitrogens with zero attached hydrogens (tertiary/aromatic N) is 4. The monoisotopic (exact) mass is 468 g/mol. The summed E-state index contributed by atoms with van der Waals surface area (Å²) in [6, 6.07) is 15.5. The Bertz CT molecular complexity index is 1460. The average Bonchev–Trinajstić information content (AvgIpc) is 3.19. The van der Waals surface area contributed by atoms with Crippen molar-refractivity contribution in [2.24, 2.45) is 0 Å². The Morgan fingerprint density at radius 2 is 1.77 bits per heavy atom. The molecule has 0 bridgehead atoms. The van der Waals surface area contributed by atoms with Gasteiger partial charge in [-0.05, 0) is 63.6 Å². The minimum Gasteiger partial charge on any atom is -0.443 e. The molecule has 0 unspecified atom stereocenters. The predicted molar refractivity (Wildman–Crippen MR) is 139 cm³/mol. The van der Waals surface area contributed by atoms with E-state index < -0.39 is 11.7 Å². The van der Waals surface area contributed by atoms with Crippen molar-refractivity contribution in [1.82, 2.24) is 9.55 Å². The molecule has 4 aromatic rings. The van der Waals surface area contributed by atoms with Crippen LogP contribution in [0.15, 0.2) is 67.1 Å². The number of ether oxygens (including phenoxy) is 1. The summed E-state index contributed by atoms with van der Waals surface area (Å²) in [6.07, 6.45) is 4.79. The first-order chi connectivity index (χ1) is 16.7. The van der Waals surface area contributed by atoms with Gasteiger partial charge in [-0.1, -0.05) is 18.2 Å². The fourth-order valence-corrected chi connectivity index (χ4v) is 4.61. The number of hydrogen-bond donors (Lipinski definition) is 0. The van der Waals surface area contributed by atoms with Gasteiger partial charge in [0.1, 0.15) is 5.60 Å².